The number of nitrogens with zero attached hydrogens (tertiary/aromatic N) is 3. The van der Waals surface area contributed by atoms with Crippen molar-refractivity contribution in [3.63, 3.8) is 0 Å². The van der Waals surface area contributed by atoms with Gasteiger partial charge in [-0.05, 0) is 97.6 Å². The van der Waals surface area contributed by atoms with Crippen LogP contribution in [0.2, 0.25) is 0 Å². The lowest BCUT2D eigenvalue weighted by atomic mass is 10.0. The van der Waals surface area contributed by atoms with Gasteiger partial charge in [0.15, 0.2) is 5.78 Å². The summed E-state index contributed by atoms with van der Waals surface area (Å²) >= 11 is 0. The number of pyridine rings is 1. The van der Waals surface area contributed by atoms with Gasteiger partial charge in [0.1, 0.15) is 11.6 Å². The fourth-order valence-corrected chi connectivity index (χ4v) is 4.15. The second-order valence-corrected chi connectivity index (χ2v) is 8.63. The Morgan fingerprint density at radius 1 is 0.722 bits per heavy atom. The van der Waals surface area contributed by atoms with Crippen LogP contribution < -0.4 is 0 Å². The van der Waals surface area contributed by atoms with Gasteiger partial charge in [-0.2, -0.15) is 0 Å². The van der Waals surface area contributed by atoms with Gasteiger partial charge >= 0.3 is 0 Å². The number of aromatic nitrogens is 3. The number of aryl methyl sites for hydroxylation is 1. The van der Waals surface area contributed by atoms with E-state index in [0.29, 0.717) is 45.5 Å². The van der Waals surface area contributed by atoms with Crippen molar-refractivity contribution < 1.29 is 13.6 Å². The third-order valence-corrected chi connectivity index (χ3v) is 6.06. The largest absolute Gasteiger partial charge is 0.294 e. The van der Waals surface area contributed by atoms with Crippen LogP contribution in [0.3, 0.4) is 0 Å². The summed E-state index contributed by atoms with van der Waals surface area (Å²) in [6.07, 6.45) is 6.61. The number of benzene rings is 3. The molecule has 0 unspecified atom stereocenters. The number of hydrogen-bond donors (Lipinski definition) is 0. The van der Waals surface area contributed by atoms with E-state index < -0.39 is 0 Å². The molecule has 2 heterocycles. The molecule has 178 valence electrons. The third-order valence-electron chi connectivity index (χ3n) is 6.06. The Morgan fingerprint density at radius 3 is 1.97 bits per heavy atom. The first-order chi connectivity index (χ1) is 17.6. The van der Waals surface area contributed by atoms with Crippen molar-refractivity contribution in [3.8, 4) is 22.5 Å². The van der Waals surface area contributed by atoms with E-state index in [1.54, 1.807) is 48.7 Å². The zero-order valence-electron chi connectivity index (χ0n) is 19.5. The molecule has 0 amide bonds. The van der Waals surface area contributed by atoms with Gasteiger partial charge in [-0.15, -0.1) is 0 Å². The van der Waals surface area contributed by atoms with Crippen molar-refractivity contribution in [3.05, 3.63) is 114 Å². The van der Waals surface area contributed by atoms with Crippen LogP contribution in [-0.2, 0) is 6.42 Å². The molecule has 0 radical (unpaired) electrons. The molecule has 0 spiro atoms. The Labute approximate surface area is 207 Å². The highest BCUT2D eigenvalue weighted by Crippen LogP contribution is 2.31. The van der Waals surface area contributed by atoms with Crippen molar-refractivity contribution in [2.45, 2.75) is 25.7 Å². The first kappa shape index (κ1) is 23.4. The number of fused-ring (bicyclic) bond motifs is 1. The molecule has 5 aromatic rings. The van der Waals surface area contributed by atoms with Gasteiger partial charge in [-0.1, -0.05) is 6.07 Å². The zero-order valence-corrected chi connectivity index (χ0v) is 19.5. The van der Waals surface area contributed by atoms with Gasteiger partial charge in [0.05, 0.1) is 22.4 Å². The van der Waals surface area contributed by atoms with Crippen LogP contribution in [0.1, 0.15) is 35.2 Å². The van der Waals surface area contributed by atoms with Gasteiger partial charge < -0.3 is 0 Å². The Morgan fingerprint density at radius 2 is 1.36 bits per heavy atom. The molecular weight excluding hydrogens is 456 g/mol. The summed E-state index contributed by atoms with van der Waals surface area (Å²) < 4.78 is 27.1. The minimum absolute atomic E-state index is 0.0517. The van der Waals surface area contributed by atoms with E-state index in [2.05, 4.69) is 4.98 Å². The van der Waals surface area contributed by atoms with E-state index in [0.717, 1.165) is 24.8 Å². The second-order valence-electron chi connectivity index (χ2n) is 8.63. The summed E-state index contributed by atoms with van der Waals surface area (Å²) in [5, 5.41) is 0. The van der Waals surface area contributed by atoms with Crippen LogP contribution in [0, 0.1) is 11.6 Å². The van der Waals surface area contributed by atoms with Gasteiger partial charge in [-0.25, -0.2) is 18.7 Å². The van der Waals surface area contributed by atoms with E-state index >= 15 is 0 Å². The van der Waals surface area contributed by atoms with Gasteiger partial charge in [0.25, 0.3) is 0 Å². The number of carbonyl (C=O) groups is 1. The molecule has 6 heteroatoms. The molecule has 0 aliphatic carbocycles. The zero-order chi connectivity index (χ0) is 24.9. The van der Waals surface area contributed by atoms with Crippen molar-refractivity contribution in [2.75, 3.05) is 0 Å². The predicted molar refractivity (Wildman–Crippen MR) is 136 cm³/mol. The molecule has 5 rings (SSSR count). The highest BCUT2D eigenvalue weighted by atomic mass is 19.1. The molecule has 0 fully saturated rings. The van der Waals surface area contributed by atoms with Gasteiger partial charge in [0, 0.05) is 35.5 Å². The van der Waals surface area contributed by atoms with Crippen molar-refractivity contribution in [1.82, 2.24) is 15.0 Å². The van der Waals surface area contributed by atoms with Crippen LogP contribution in [0.25, 0.3) is 33.5 Å². The fraction of sp³-hybridized carbons (Fsp3) is 0.133. The monoisotopic (exact) mass is 479 g/mol. The van der Waals surface area contributed by atoms with E-state index in [1.165, 1.54) is 24.3 Å². The summed E-state index contributed by atoms with van der Waals surface area (Å²) in [7, 11) is 0. The summed E-state index contributed by atoms with van der Waals surface area (Å²) in [6.45, 7) is 0. The SMILES string of the molecule is O=C(CCCCc1cccnc1)c1ccc2nc(-c3ccc(F)cc3)c(-c3ccc(F)cc3)nc2c1. The maximum Gasteiger partial charge on any atom is 0.162 e. The molecule has 4 nitrogen and oxygen atoms in total. The highest BCUT2D eigenvalue weighted by molar-refractivity contribution is 5.99. The van der Waals surface area contributed by atoms with Crippen molar-refractivity contribution in [2.24, 2.45) is 0 Å². The minimum atomic E-state index is -0.354. The van der Waals surface area contributed by atoms with Crippen LogP contribution >= 0.6 is 0 Å². The lowest BCUT2D eigenvalue weighted by Crippen LogP contribution is -2.01. The summed E-state index contributed by atoms with van der Waals surface area (Å²) in [4.78, 5) is 26.6. The first-order valence-corrected chi connectivity index (χ1v) is 11.8. The molecule has 0 atom stereocenters. The van der Waals surface area contributed by atoms with E-state index in [4.69, 9.17) is 9.97 Å². The Kier molecular flexibility index (Phi) is 6.85. The molecule has 3 aromatic carbocycles. The lowest BCUT2D eigenvalue weighted by molar-refractivity contribution is 0.0979. The quantitative estimate of drug-likeness (QED) is 0.174. The number of rotatable bonds is 8. The standard InChI is InChI=1S/C30H23F2N3O/c31-24-12-7-21(8-13-24)29-30(22-9-14-25(32)15-10-22)35-27-18-23(11-16-26(27)34-29)28(36)6-2-1-4-20-5-3-17-33-19-20/h3,5,7-19H,1-2,4,6H2. The normalized spacial score (nSPS) is 11.1. The van der Waals surface area contributed by atoms with Crippen LogP contribution in [0.4, 0.5) is 8.78 Å². The molecule has 0 saturated heterocycles. The summed E-state index contributed by atoms with van der Waals surface area (Å²) in [5.41, 5.74) is 5.40. The summed E-state index contributed by atoms with van der Waals surface area (Å²) in [6, 6.07) is 21.3. The molecule has 0 aliphatic heterocycles. The highest BCUT2D eigenvalue weighted by Gasteiger charge is 2.15. The van der Waals surface area contributed by atoms with Crippen LogP contribution in [0.5, 0.6) is 0 Å². The van der Waals surface area contributed by atoms with Crippen LogP contribution in [-0.4, -0.2) is 20.7 Å². The molecule has 2 aromatic heterocycles. The minimum Gasteiger partial charge on any atom is -0.294 e. The maximum absolute atomic E-state index is 13.6. The average Bonchev–Trinajstić information content (AvgIpc) is 2.91. The topological polar surface area (TPSA) is 55.7 Å². The number of ketones is 1. The lowest BCUT2D eigenvalue weighted by Gasteiger charge is -2.11. The fourth-order valence-electron chi connectivity index (χ4n) is 4.15. The molecular formula is C30H23F2N3O. The Bertz CT molecular complexity index is 1500. The smallest absolute Gasteiger partial charge is 0.162 e. The molecule has 0 N–H and O–H groups in total. The van der Waals surface area contributed by atoms with E-state index in [9.17, 15) is 13.6 Å². The number of Topliss-reactive ketones (excluding diaryl/α,β-unsaturated/α-hetero) is 1. The third kappa shape index (κ3) is 5.33. The Balaban J connectivity index is 1.43. The van der Waals surface area contributed by atoms with Crippen LogP contribution in [0.15, 0.2) is 91.3 Å². The van der Waals surface area contributed by atoms with E-state index in [-0.39, 0.29) is 17.4 Å². The number of hydrogen-bond acceptors (Lipinski definition) is 4. The molecule has 36 heavy (non-hydrogen) atoms. The molecule has 0 aliphatic rings. The van der Waals surface area contributed by atoms with Crippen molar-refractivity contribution >= 4 is 16.8 Å². The summed E-state index contributed by atoms with van der Waals surface area (Å²) in [5.74, 6) is -0.650. The predicted octanol–water partition coefficient (Wildman–Crippen LogP) is 7.23. The Hall–Kier alpha value is -4.32. The average molecular weight is 480 g/mol. The number of unbranched alkanes of at least 4 members (excludes halogenated alkanes) is 1. The molecule has 0 bridgehead atoms. The van der Waals surface area contributed by atoms with Crippen molar-refractivity contribution in [1.29, 1.82) is 0 Å². The maximum atomic E-state index is 13.6. The second kappa shape index (κ2) is 10.5. The first-order valence-electron chi connectivity index (χ1n) is 11.8. The van der Waals surface area contributed by atoms with E-state index in [1.807, 2.05) is 18.3 Å². The molecule has 0 saturated carbocycles. The van der Waals surface area contributed by atoms with Gasteiger partial charge in [-0.3, -0.25) is 9.78 Å². The van der Waals surface area contributed by atoms with Gasteiger partial charge in [0.2, 0.25) is 0 Å². The number of carbonyl (C=O) groups excluding carboxylic acids is 1. The number of halogens is 2.